The molecule has 72 valence electrons. The number of aromatic hydroxyl groups is 2. The van der Waals surface area contributed by atoms with Gasteiger partial charge in [-0.05, 0) is 54.2 Å². The summed E-state index contributed by atoms with van der Waals surface area (Å²) < 4.78 is 1.92. The van der Waals surface area contributed by atoms with Crippen molar-refractivity contribution in [2.45, 2.75) is 13.3 Å². The molecule has 1 rings (SSSR count). The number of hydrogen-bond acceptors (Lipinski definition) is 2. The van der Waals surface area contributed by atoms with E-state index >= 15 is 0 Å². The van der Waals surface area contributed by atoms with Crippen molar-refractivity contribution in [3.63, 3.8) is 0 Å². The minimum absolute atomic E-state index is 0.0792. The maximum atomic E-state index is 9.55. The van der Waals surface area contributed by atoms with Crippen LogP contribution in [0.4, 0.5) is 0 Å². The van der Waals surface area contributed by atoms with Gasteiger partial charge in [-0.1, -0.05) is 6.92 Å². The van der Waals surface area contributed by atoms with Gasteiger partial charge in [0.05, 0.1) is 8.95 Å². The van der Waals surface area contributed by atoms with E-state index in [0.29, 0.717) is 20.9 Å². The van der Waals surface area contributed by atoms with Crippen molar-refractivity contribution < 1.29 is 10.2 Å². The van der Waals surface area contributed by atoms with Crippen LogP contribution in [0.2, 0.25) is 0 Å². The summed E-state index contributed by atoms with van der Waals surface area (Å²) in [5.41, 5.74) is 0.688. The predicted molar refractivity (Wildman–Crippen MR) is 62.2 cm³/mol. The Kier molecular flexibility index (Phi) is 3.65. The first-order valence-corrected chi connectivity index (χ1v) is 5.95. The van der Waals surface area contributed by atoms with Crippen LogP contribution in [0.25, 0.3) is 0 Å². The fourth-order valence-corrected chi connectivity index (χ4v) is 2.75. The third-order valence-corrected chi connectivity index (χ3v) is 5.23. The normalized spacial score (nSPS) is 10.5. The summed E-state index contributed by atoms with van der Waals surface area (Å²) in [6.45, 7) is 1.90. The zero-order chi connectivity index (χ0) is 10.2. The number of hydrogen-bond donors (Lipinski definition) is 2. The standard InChI is InChI=1S/C8H7Br3O2/c1-2-3-4(9)5(10)6(11)8(13)7(3)12/h12-13H,2H2,1H3. The highest BCUT2D eigenvalue weighted by atomic mass is 79.9. The molecule has 0 amide bonds. The molecule has 0 aliphatic heterocycles. The van der Waals surface area contributed by atoms with Crippen molar-refractivity contribution in [1.29, 1.82) is 0 Å². The molecule has 0 heterocycles. The molecule has 0 unspecified atom stereocenters. The molecule has 0 bridgehead atoms. The second kappa shape index (κ2) is 4.19. The summed E-state index contributed by atoms with van der Waals surface area (Å²) in [6.07, 6.45) is 0.645. The van der Waals surface area contributed by atoms with E-state index in [0.717, 1.165) is 4.47 Å². The molecule has 5 heteroatoms. The van der Waals surface area contributed by atoms with Crippen molar-refractivity contribution in [1.82, 2.24) is 0 Å². The molecule has 0 atom stereocenters. The zero-order valence-corrected chi connectivity index (χ0v) is 11.5. The van der Waals surface area contributed by atoms with E-state index in [1.54, 1.807) is 0 Å². The highest BCUT2D eigenvalue weighted by molar-refractivity contribution is 9.14. The first kappa shape index (κ1) is 11.3. The molecule has 1 aromatic rings. The van der Waals surface area contributed by atoms with Gasteiger partial charge in [-0.2, -0.15) is 0 Å². The van der Waals surface area contributed by atoms with Crippen LogP contribution >= 0.6 is 47.8 Å². The minimum Gasteiger partial charge on any atom is -0.504 e. The average molecular weight is 375 g/mol. The third kappa shape index (κ3) is 1.87. The smallest absolute Gasteiger partial charge is 0.173 e. The summed E-state index contributed by atoms with van der Waals surface area (Å²) in [5, 5.41) is 19.0. The zero-order valence-electron chi connectivity index (χ0n) is 6.74. The lowest BCUT2D eigenvalue weighted by Crippen LogP contribution is -1.88. The van der Waals surface area contributed by atoms with E-state index in [1.807, 2.05) is 6.92 Å². The molecule has 0 radical (unpaired) electrons. The van der Waals surface area contributed by atoms with Crippen molar-refractivity contribution in [2.24, 2.45) is 0 Å². The Morgan fingerprint density at radius 3 is 1.92 bits per heavy atom. The van der Waals surface area contributed by atoms with Gasteiger partial charge in [0.2, 0.25) is 0 Å². The first-order chi connectivity index (χ1) is 6.00. The first-order valence-electron chi connectivity index (χ1n) is 3.57. The number of benzene rings is 1. The summed E-state index contributed by atoms with van der Waals surface area (Å²) >= 11 is 9.78. The monoisotopic (exact) mass is 372 g/mol. The van der Waals surface area contributed by atoms with Crippen LogP contribution in [0.5, 0.6) is 11.5 Å². The Balaban J connectivity index is 3.56. The molecule has 0 spiro atoms. The number of rotatable bonds is 1. The van der Waals surface area contributed by atoms with Gasteiger partial charge in [0.1, 0.15) is 0 Å². The van der Waals surface area contributed by atoms with Gasteiger partial charge in [-0.3, -0.25) is 0 Å². The van der Waals surface area contributed by atoms with E-state index in [2.05, 4.69) is 47.8 Å². The number of phenols is 2. The quantitative estimate of drug-likeness (QED) is 0.577. The molecular formula is C8H7Br3O2. The van der Waals surface area contributed by atoms with Gasteiger partial charge in [-0.15, -0.1) is 0 Å². The highest BCUT2D eigenvalue weighted by Gasteiger charge is 2.17. The average Bonchev–Trinajstić information content (AvgIpc) is 2.13. The predicted octanol–water partition coefficient (Wildman–Crippen LogP) is 3.95. The van der Waals surface area contributed by atoms with E-state index in [9.17, 15) is 10.2 Å². The van der Waals surface area contributed by atoms with Crippen molar-refractivity contribution in [3.8, 4) is 11.5 Å². The lowest BCUT2D eigenvalue weighted by Gasteiger charge is -2.11. The Labute approximate surface area is 101 Å². The Morgan fingerprint density at radius 1 is 0.923 bits per heavy atom. The molecule has 0 aromatic heterocycles. The summed E-state index contributed by atoms with van der Waals surface area (Å²) in [7, 11) is 0. The molecule has 0 aliphatic carbocycles. The third-order valence-electron chi connectivity index (χ3n) is 1.72. The fourth-order valence-electron chi connectivity index (χ4n) is 1.01. The number of phenolic OH excluding ortho intramolecular Hbond substituents is 2. The Hall–Kier alpha value is 0.260. The van der Waals surface area contributed by atoms with Crippen molar-refractivity contribution >= 4 is 47.8 Å². The van der Waals surface area contributed by atoms with Crippen LogP contribution in [-0.4, -0.2) is 10.2 Å². The second-order valence-electron chi connectivity index (χ2n) is 2.47. The van der Waals surface area contributed by atoms with Crippen molar-refractivity contribution in [2.75, 3.05) is 0 Å². The van der Waals surface area contributed by atoms with Crippen LogP contribution in [0, 0.1) is 0 Å². The van der Waals surface area contributed by atoms with E-state index in [1.165, 1.54) is 0 Å². The number of halogens is 3. The van der Waals surface area contributed by atoms with E-state index < -0.39 is 0 Å². The summed E-state index contributed by atoms with van der Waals surface area (Å²) in [4.78, 5) is 0. The van der Waals surface area contributed by atoms with Crippen LogP contribution in [0.3, 0.4) is 0 Å². The molecule has 2 N–H and O–H groups in total. The van der Waals surface area contributed by atoms with Gasteiger partial charge in [-0.25, -0.2) is 0 Å². The maximum absolute atomic E-state index is 9.55. The van der Waals surface area contributed by atoms with Crippen LogP contribution in [-0.2, 0) is 6.42 Å². The summed E-state index contributed by atoms with van der Waals surface area (Å²) in [6, 6.07) is 0. The van der Waals surface area contributed by atoms with Gasteiger partial charge in [0, 0.05) is 10.0 Å². The maximum Gasteiger partial charge on any atom is 0.173 e. The molecule has 13 heavy (non-hydrogen) atoms. The summed E-state index contributed by atoms with van der Waals surface area (Å²) in [5.74, 6) is -0.212. The molecule has 1 aromatic carbocycles. The second-order valence-corrected chi connectivity index (χ2v) is 4.85. The topological polar surface area (TPSA) is 40.5 Å². The molecule has 0 saturated heterocycles. The van der Waals surface area contributed by atoms with Crippen LogP contribution in [0.1, 0.15) is 12.5 Å². The lowest BCUT2D eigenvalue weighted by molar-refractivity contribution is 0.396. The van der Waals surface area contributed by atoms with Gasteiger partial charge >= 0.3 is 0 Å². The van der Waals surface area contributed by atoms with Crippen molar-refractivity contribution in [3.05, 3.63) is 19.0 Å². The Bertz CT molecular complexity index is 321. The Morgan fingerprint density at radius 2 is 1.46 bits per heavy atom. The van der Waals surface area contributed by atoms with E-state index in [4.69, 9.17) is 0 Å². The molecular weight excluding hydrogens is 368 g/mol. The van der Waals surface area contributed by atoms with Gasteiger partial charge in [0.15, 0.2) is 11.5 Å². The van der Waals surface area contributed by atoms with Gasteiger partial charge in [0.25, 0.3) is 0 Å². The lowest BCUT2D eigenvalue weighted by atomic mass is 10.1. The van der Waals surface area contributed by atoms with Crippen LogP contribution in [0.15, 0.2) is 13.4 Å². The van der Waals surface area contributed by atoms with Crippen LogP contribution < -0.4 is 0 Å². The highest BCUT2D eigenvalue weighted by Crippen LogP contribution is 2.46. The van der Waals surface area contributed by atoms with Gasteiger partial charge < -0.3 is 10.2 Å². The fraction of sp³-hybridized carbons (Fsp3) is 0.250. The SMILES string of the molecule is CCc1c(O)c(O)c(Br)c(Br)c1Br. The molecule has 0 aliphatic rings. The molecule has 0 saturated carbocycles. The molecule has 0 fully saturated rings. The minimum atomic E-state index is -0.132. The van der Waals surface area contributed by atoms with E-state index in [-0.39, 0.29) is 11.5 Å². The largest absolute Gasteiger partial charge is 0.504 e. The molecule has 2 nitrogen and oxygen atoms in total.